The molecule has 0 unspecified atom stereocenters. The molecule has 0 radical (unpaired) electrons. The maximum atomic E-state index is 12.1. The third-order valence-electron chi connectivity index (χ3n) is 4.01. The van der Waals surface area contributed by atoms with Crippen LogP contribution < -0.4 is 14.9 Å². The van der Waals surface area contributed by atoms with Gasteiger partial charge < -0.3 is 9.47 Å². The minimum Gasteiger partial charge on any atom is -0.454 e. The molecule has 9 heteroatoms. The topological polar surface area (TPSA) is 101 Å². The van der Waals surface area contributed by atoms with Gasteiger partial charge >= 0.3 is 0 Å². The number of anilines is 1. The lowest BCUT2D eigenvalue weighted by Gasteiger charge is -2.03. The highest BCUT2D eigenvalue weighted by molar-refractivity contribution is 7.99. The van der Waals surface area contributed by atoms with E-state index in [-0.39, 0.29) is 18.3 Å². The van der Waals surface area contributed by atoms with Crippen molar-refractivity contribution in [1.29, 1.82) is 0 Å². The summed E-state index contributed by atoms with van der Waals surface area (Å²) in [5.74, 6) is 2.12. The predicted molar refractivity (Wildman–Crippen MR) is 106 cm³/mol. The van der Waals surface area contributed by atoms with Crippen LogP contribution in [0.3, 0.4) is 0 Å². The molecule has 0 amide bonds. The fourth-order valence-corrected chi connectivity index (χ4v) is 3.21. The number of thioether (sulfide) groups is 1. The van der Waals surface area contributed by atoms with Gasteiger partial charge in [-0.05, 0) is 25.1 Å². The summed E-state index contributed by atoms with van der Waals surface area (Å²) in [6.45, 7) is 2.10. The zero-order valence-electron chi connectivity index (χ0n) is 15.0. The summed E-state index contributed by atoms with van der Waals surface area (Å²) >= 11 is 1.27. The van der Waals surface area contributed by atoms with Crippen molar-refractivity contribution in [2.75, 3.05) is 18.0 Å². The maximum Gasteiger partial charge on any atom is 0.240 e. The molecule has 2 N–H and O–H groups in total. The Morgan fingerprint density at radius 2 is 2.00 bits per heavy atom. The van der Waals surface area contributed by atoms with Crippen LogP contribution in [0.15, 0.2) is 58.8 Å². The van der Waals surface area contributed by atoms with E-state index in [0.29, 0.717) is 22.4 Å². The summed E-state index contributed by atoms with van der Waals surface area (Å²) in [6, 6.07) is 14.8. The third kappa shape index (κ3) is 4.15. The minimum atomic E-state index is 0.0292. The van der Waals surface area contributed by atoms with Crippen LogP contribution in [-0.4, -0.2) is 39.2 Å². The normalized spacial score (nSPS) is 12.8. The van der Waals surface area contributed by atoms with Crippen molar-refractivity contribution >= 4 is 29.2 Å². The van der Waals surface area contributed by atoms with Crippen molar-refractivity contribution in [3.05, 3.63) is 59.7 Å². The number of benzene rings is 2. The van der Waals surface area contributed by atoms with Crippen molar-refractivity contribution in [1.82, 2.24) is 15.2 Å². The predicted octanol–water partition coefficient (Wildman–Crippen LogP) is 3.34. The first-order valence-electron chi connectivity index (χ1n) is 8.53. The molecule has 3 aromatic rings. The van der Waals surface area contributed by atoms with Gasteiger partial charge in [0.2, 0.25) is 17.9 Å². The van der Waals surface area contributed by atoms with Gasteiger partial charge in [0.25, 0.3) is 0 Å². The van der Waals surface area contributed by atoms with Gasteiger partial charge in [-0.25, -0.2) is 10.5 Å². The number of H-pyrrole nitrogens is 1. The van der Waals surface area contributed by atoms with E-state index >= 15 is 0 Å². The quantitative estimate of drug-likeness (QED) is 0.274. The highest BCUT2D eigenvalue weighted by Gasteiger charge is 2.14. The second kappa shape index (κ2) is 8.13. The van der Waals surface area contributed by atoms with E-state index in [0.717, 1.165) is 17.0 Å². The number of hydrazone groups is 1. The molecule has 1 aliphatic heterocycles. The zero-order chi connectivity index (χ0) is 19.3. The van der Waals surface area contributed by atoms with Gasteiger partial charge in [0.15, 0.2) is 17.3 Å². The summed E-state index contributed by atoms with van der Waals surface area (Å²) in [6.07, 6.45) is 0. The van der Waals surface area contributed by atoms with Gasteiger partial charge in [-0.1, -0.05) is 42.1 Å². The van der Waals surface area contributed by atoms with Crippen LogP contribution in [0.25, 0.3) is 0 Å². The highest BCUT2D eigenvalue weighted by atomic mass is 32.2. The molecule has 1 aromatic heterocycles. The smallest absolute Gasteiger partial charge is 0.240 e. The molecule has 0 atom stereocenters. The first kappa shape index (κ1) is 18.1. The first-order chi connectivity index (χ1) is 13.7. The lowest BCUT2D eigenvalue weighted by Crippen LogP contribution is -2.02. The Balaban J connectivity index is 1.34. The average molecular weight is 395 g/mol. The Morgan fingerprint density at radius 1 is 1.18 bits per heavy atom. The summed E-state index contributed by atoms with van der Waals surface area (Å²) in [4.78, 5) is 16.4. The number of hydrogen-bond donors (Lipinski definition) is 2. The van der Waals surface area contributed by atoms with E-state index in [1.165, 1.54) is 11.8 Å². The number of hydrogen-bond acceptors (Lipinski definition) is 8. The molecule has 2 heterocycles. The van der Waals surface area contributed by atoms with Gasteiger partial charge in [-0.3, -0.25) is 4.79 Å². The highest BCUT2D eigenvalue weighted by Crippen LogP contribution is 2.32. The number of ether oxygens (including phenoxy) is 2. The largest absolute Gasteiger partial charge is 0.454 e. The van der Waals surface area contributed by atoms with Crippen molar-refractivity contribution in [3.8, 4) is 11.5 Å². The average Bonchev–Trinajstić information content (AvgIpc) is 3.39. The van der Waals surface area contributed by atoms with Crippen LogP contribution in [0, 0.1) is 0 Å². The van der Waals surface area contributed by atoms with Crippen molar-refractivity contribution in [2.45, 2.75) is 12.1 Å². The number of aromatic nitrogens is 3. The SMILES string of the molecule is C/C(=N\Nc1nc(SCC(=O)c2ccccc2)n[nH]1)c1ccc2c(c1)OCO2. The maximum absolute atomic E-state index is 12.1. The Labute approximate surface area is 165 Å². The summed E-state index contributed by atoms with van der Waals surface area (Å²) < 4.78 is 10.7. The summed E-state index contributed by atoms with van der Waals surface area (Å²) in [5.41, 5.74) is 5.17. The van der Waals surface area contributed by atoms with Gasteiger partial charge in [-0.2, -0.15) is 10.1 Å². The van der Waals surface area contributed by atoms with E-state index in [4.69, 9.17) is 9.47 Å². The number of nitrogens with zero attached hydrogens (tertiary/aromatic N) is 3. The van der Waals surface area contributed by atoms with E-state index in [9.17, 15) is 4.79 Å². The fourth-order valence-electron chi connectivity index (χ4n) is 2.52. The fraction of sp³-hybridized carbons (Fsp3) is 0.158. The summed E-state index contributed by atoms with van der Waals surface area (Å²) in [5, 5.41) is 11.6. The molecule has 2 aromatic carbocycles. The van der Waals surface area contributed by atoms with Crippen LogP contribution in [0.5, 0.6) is 11.5 Å². The molecule has 0 saturated heterocycles. The molecule has 0 saturated carbocycles. The molecule has 0 bridgehead atoms. The van der Waals surface area contributed by atoms with E-state index < -0.39 is 0 Å². The molecule has 4 rings (SSSR count). The van der Waals surface area contributed by atoms with Crippen LogP contribution in [0.4, 0.5) is 5.95 Å². The molecular weight excluding hydrogens is 378 g/mol. The Hall–Kier alpha value is -3.33. The Bertz CT molecular complexity index is 1020. The molecule has 142 valence electrons. The molecule has 0 spiro atoms. The van der Waals surface area contributed by atoms with Gasteiger partial charge in [0, 0.05) is 11.1 Å². The molecule has 0 aliphatic carbocycles. The number of fused-ring (bicyclic) bond motifs is 1. The van der Waals surface area contributed by atoms with Gasteiger partial charge in [-0.15, -0.1) is 5.10 Å². The van der Waals surface area contributed by atoms with Gasteiger partial charge in [0.1, 0.15) is 0 Å². The Morgan fingerprint density at radius 3 is 2.86 bits per heavy atom. The monoisotopic (exact) mass is 395 g/mol. The second-order valence-corrected chi connectivity index (χ2v) is 6.86. The summed E-state index contributed by atoms with van der Waals surface area (Å²) in [7, 11) is 0. The number of aromatic amines is 1. The molecule has 1 aliphatic rings. The first-order valence-corrected chi connectivity index (χ1v) is 9.51. The number of Topliss-reactive ketones (excluding diaryl/α,β-unsaturated/α-hetero) is 1. The van der Waals surface area contributed by atoms with Gasteiger partial charge in [0.05, 0.1) is 11.5 Å². The number of nitrogens with one attached hydrogen (secondary N) is 2. The molecule has 8 nitrogen and oxygen atoms in total. The lowest BCUT2D eigenvalue weighted by atomic mass is 10.1. The third-order valence-corrected chi connectivity index (χ3v) is 4.86. The second-order valence-electron chi connectivity index (χ2n) is 5.92. The van der Waals surface area contributed by atoms with Crippen molar-refractivity contribution < 1.29 is 14.3 Å². The van der Waals surface area contributed by atoms with E-state index in [1.807, 2.05) is 43.3 Å². The Kier molecular flexibility index (Phi) is 5.24. The van der Waals surface area contributed by atoms with E-state index in [2.05, 4.69) is 25.7 Å². The standard InChI is InChI=1S/C19H17N5O3S/c1-12(14-7-8-16-17(9-14)27-11-26-16)21-22-18-20-19(24-23-18)28-10-15(25)13-5-3-2-4-6-13/h2-9H,10-11H2,1H3,(H2,20,22,23,24)/b21-12+. The molecular formula is C19H17N5O3S. The lowest BCUT2D eigenvalue weighted by molar-refractivity contribution is 0.102. The van der Waals surface area contributed by atoms with Crippen molar-refractivity contribution in [3.63, 3.8) is 0 Å². The molecule has 0 fully saturated rings. The number of rotatable bonds is 7. The minimum absolute atomic E-state index is 0.0292. The van der Waals surface area contributed by atoms with E-state index in [1.54, 1.807) is 12.1 Å². The van der Waals surface area contributed by atoms with Crippen LogP contribution in [0.2, 0.25) is 0 Å². The zero-order valence-corrected chi connectivity index (χ0v) is 15.8. The number of carbonyl (C=O) groups excluding carboxylic acids is 1. The van der Waals surface area contributed by atoms with Crippen molar-refractivity contribution in [2.24, 2.45) is 5.10 Å². The van der Waals surface area contributed by atoms with Crippen LogP contribution in [-0.2, 0) is 0 Å². The number of ketones is 1. The molecule has 28 heavy (non-hydrogen) atoms. The number of carbonyl (C=O) groups is 1. The van der Waals surface area contributed by atoms with Crippen LogP contribution >= 0.6 is 11.8 Å². The van der Waals surface area contributed by atoms with Crippen LogP contribution in [0.1, 0.15) is 22.8 Å².